The number of carbonyl (C=O) groups excluding carboxylic acids is 1. The van der Waals surface area contributed by atoms with Gasteiger partial charge < -0.3 is 25.0 Å². The number of amides is 1. The fraction of sp³-hybridized carbons (Fsp3) is 0.500. The Morgan fingerprint density at radius 3 is 2.41 bits per heavy atom. The maximum atomic E-state index is 14.5. The van der Waals surface area contributed by atoms with Crippen molar-refractivity contribution >= 4 is 12.1 Å². The largest absolute Gasteiger partial charge is 0.480 e. The molecule has 0 aliphatic heterocycles. The molecule has 7 nitrogen and oxygen atoms in total. The van der Waals surface area contributed by atoms with Gasteiger partial charge >= 0.3 is 12.1 Å². The number of halogens is 2. The lowest BCUT2D eigenvalue weighted by Crippen LogP contribution is -2.41. The summed E-state index contributed by atoms with van der Waals surface area (Å²) in [5.41, 5.74) is 1.17. The zero-order valence-electron chi connectivity index (χ0n) is 21.4. The lowest BCUT2D eigenvalue weighted by atomic mass is 9.86. The predicted molar refractivity (Wildman–Crippen MR) is 135 cm³/mol. The Morgan fingerprint density at radius 1 is 1.05 bits per heavy atom. The zero-order chi connectivity index (χ0) is 27.2. The van der Waals surface area contributed by atoms with Crippen molar-refractivity contribution in [1.82, 2.24) is 5.32 Å². The first-order valence-electron chi connectivity index (χ1n) is 12.6. The number of carbonyl (C=O) groups is 2. The number of rotatable bonds is 16. The molecule has 1 amide bonds. The van der Waals surface area contributed by atoms with Crippen molar-refractivity contribution in [2.75, 3.05) is 6.61 Å². The van der Waals surface area contributed by atoms with Crippen molar-refractivity contribution in [2.24, 2.45) is 5.92 Å². The summed E-state index contributed by atoms with van der Waals surface area (Å²) in [6, 6.07) is 11.6. The minimum absolute atomic E-state index is 0.103. The molecule has 4 atom stereocenters. The average Bonchev–Trinajstić information content (AvgIpc) is 2.85. The van der Waals surface area contributed by atoms with Crippen LogP contribution in [0.4, 0.5) is 13.6 Å². The Labute approximate surface area is 216 Å². The molecule has 204 valence electrons. The summed E-state index contributed by atoms with van der Waals surface area (Å²) in [6.45, 7) is 3.95. The van der Waals surface area contributed by atoms with E-state index < -0.39 is 47.9 Å². The summed E-state index contributed by atoms with van der Waals surface area (Å²) >= 11 is 0. The van der Waals surface area contributed by atoms with Crippen LogP contribution in [-0.4, -0.2) is 47.1 Å². The molecule has 2 aromatic carbocycles. The van der Waals surface area contributed by atoms with Crippen molar-refractivity contribution in [3.8, 4) is 0 Å². The van der Waals surface area contributed by atoms with E-state index in [1.165, 1.54) is 12.1 Å². The Balaban J connectivity index is 2.11. The van der Waals surface area contributed by atoms with E-state index in [-0.39, 0.29) is 31.6 Å². The second kappa shape index (κ2) is 15.9. The molecule has 0 radical (unpaired) electrons. The van der Waals surface area contributed by atoms with Gasteiger partial charge in [-0.05, 0) is 55.7 Å². The molecule has 0 fully saturated rings. The standard InChI is InChI=1S/C28H37F2NO6/c1-3-4-15-36-28(35)31-25(27(33)34)12-8-11-22(16-21-13-14-23(29)17-24(21)30)26(19(2)32)37-18-20-9-6-5-7-10-20/h5-7,9-10,13-14,17,19,22,25-26,32H,3-4,8,11-12,15-16,18H2,1-2H3,(H,31,35)(H,33,34). The molecular formula is C28H37F2NO6. The van der Waals surface area contributed by atoms with Crippen LogP contribution in [0.5, 0.6) is 0 Å². The zero-order valence-corrected chi connectivity index (χ0v) is 21.4. The highest BCUT2D eigenvalue weighted by molar-refractivity contribution is 5.79. The number of aliphatic hydroxyl groups excluding tert-OH is 1. The lowest BCUT2D eigenvalue weighted by Gasteiger charge is -2.30. The monoisotopic (exact) mass is 521 g/mol. The van der Waals surface area contributed by atoms with Gasteiger partial charge in [0.2, 0.25) is 0 Å². The van der Waals surface area contributed by atoms with Crippen LogP contribution in [0, 0.1) is 17.6 Å². The highest BCUT2D eigenvalue weighted by atomic mass is 19.1. The summed E-state index contributed by atoms with van der Waals surface area (Å²) in [5, 5.41) is 22.4. The fourth-order valence-electron chi connectivity index (χ4n) is 4.12. The van der Waals surface area contributed by atoms with E-state index in [1.54, 1.807) is 6.92 Å². The van der Waals surface area contributed by atoms with E-state index in [4.69, 9.17) is 9.47 Å². The average molecular weight is 522 g/mol. The molecule has 0 aliphatic carbocycles. The predicted octanol–water partition coefficient (Wildman–Crippen LogP) is 5.24. The molecule has 2 aromatic rings. The molecule has 3 N–H and O–H groups in total. The van der Waals surface area contributed by atoms with E-state index in [9.17, 15) is 28.6 Å². The minimum Gasteiger partial charge on any atom is -0.480 e. The first-order chi connectivity index (χ1) is 17.7. The molecule has 9 heteroatoms. The molecule has 0 bridgehead atoms. The van der Waals surface area contributed by atoms with Gasteiger partial charge in [0, 0.05) is 6.07 Å². The molecule has 0 aliphatic rings. The molecule has 2 rings (SSSR count). The number of hydrogen-bond acceptors (Lipinski definition) is 5. The van der Waals surface area contributed by atoms with Crippen molar-refractivity contribution < 1.29 is 38.1 Å². The van der Waals surface area contributed by atoms with Gasteiger partial charge in [0.1, 0.15) is 17.7 Å². The maximum absolute atomic E-state index is 14.5. The van der Waals surface area contributed by atoms with Gasteiger partial charge in [0.25, 0.3) is 0 Å². The van der Waals surface area contributed by atoms with E-state index in [2.05, 4.69) is 5.32 Å². The van der Waals surface area contributed by atoms with Crippen LogP contribution in [0.25, 0.3) is 0 Å². The second-order valence-electron chi connectivity index (χ2n) is 9.16. The number of hydrogen-bond donors (Lipinski definition) is 3. The maximum Gasteiger partial charge on any atom is 0.407 e. The van der Waals surface area contributed by atoms with Gasteiger partial charge in [0.15, 0.2) is 0 Å². The minimum atomic E-state index is -1.19. The fourth-order valence-corrected chi connectivity index (χ4v) is 4.12. The highest BCUT2D eigenvalue weighted by Gasteiger charge is 2.29. The van der Waals surface area contributed by atoms with Crippen LogP contribution >= 0.6 is 0 Å². The third kappa shape index (κ3) is 10.9. The number of aliphatic carboxylic acids is 1. The van der Waals surface area contributed by atoms with Crippen LogP contribution in [0.3, 0.4) is 0 Å². The Morgan fingerprint density at radius 2 is 1.78 bits per heavy atom. The van der Waals surface area contributed by atoms with Crippen molar-refractivity contribution in [3.05, 3.63) is 71.3 Å². The molecular weight excluding hydrogens is 484 g/mol. The van der Waals surface area contributed by atoms with Crippen LogP contribution in [-0.2, 0) is 27.3 Å². The molecule has 4 unspecified atom stereocenters. The number of alkyl carbamates (subject to hydrolysis) is 1. The van der Waals surface area contributed by atoms with Crippen LogP contribution in [0.15, 0.2) is 48.5 Å². The first-order valence-corrected chi connectivity index (χ1v) is 12.6. The molecule has 0 spiro atoms. The summed E-state index contributed by atoms with van der Waals surface area (Å²) in [7, 11) is 0. The van der Waals surface area contributed by atoms with Crippen LogP contribution < -0.4 is 5.32 Å². The number of benzene rings is 2. The number of aliphatic hydroxyl groups is 1. The normalized spacial score (nSPS) is 14.4. The molecule has 0 heterocycles. The Kier molecular flexibility index (Phi) is 13.0. The van der Waals surface area contributed by atoms with Crippen LogP contribution in [0.2, 0.25) is 0 Å². The SMILES string of the molecule is CCCCOC(=O)NC(CCCC(Cc1ccc(F)cc1F)C(OCc1ccccc1)C(C)O)C(=O)O. The number of nitrogens with one attached hydrogen (secondary N) is 1. The van der Waals surface area contributed by atoms with E-state index in [0.717, 1.165) is 18.1 Å². The van der Waals surface area contributed by atoms with Gasteiger partial charge in [-0.15, -0.1) is 0 Å². The highest BCUT2D eigenvalue weighted by Crippen LogP contribution is 2.26. The Bertz CT molecular complexity index is 972. The quantitative estimate of drug-likeness (QED) is 0.261. The van der Waals surface area contributed by atoms with Gasteiger partial charge in [-0.3, -0.25) is 0 Å². The van der Waals surface area contributed by atoms with E-state index in [0.29, 0.717) is 19.3 Å². The number of carboxylic acid groups (broad SMARTS) is 1. The second-order valence-corrected chi connectivity index (χ2v) is 9.16. The Hall–Kier alpha value is -3.04. The van der Waals surface area contributed by atoms with Gasteiger partial charge in [-0.25, -0.2) is 18.4 Å². The molecule has 0 aromatic heterocycles. The van der Waals surface area contributed by atoms with E-state index >= 15 is 0 Å². The summed E-state index contributed by atoms with van der Waals surface area (Å²) in [6.07, 6.45) is 0.0959. The van der Waals surface area contributed by atoms with Gasteiger partial charge in [0.05, 0.1) is 25.4 Å². The topological polar surface area (TPSA) is 105 Å². The number of ether oxygens (including phenoxy) is 2. The van der Waals surface area contributed by atoms with Crippen molar-refractivity contribution in [3.63, 3.8) is 0 Å². The lowest BCUT2D eigenvalue weighted by molar-refractivity contribution is -0.139. The van der Waals surface area contributed by atoms with Gasteiger partial charge in [-0.1, -0.05) is 56.2 Å². The van der Waals surface area contributed by atoms with Crippen LogP contribution in [0.1, 0.15) is 57.1 Å². The first kappa shape index (κ1) is 30.2. The molecule has 0 saturated carbocycles. The van der Waals surface area contributed by atoms with Crippen molar-refractivity contribution in [1.29, 1.82) is 0 Å². The third-order valence-electron chi connectivity index (χ3n) is 6.11. The number of carboxylic acids is 1. The smallest absolute Gasteiger partial charge is 0.407 e. The number of unbranched alkanes of at least 4 members (excludes halogenated alkanes) is 1. The summed E-state index contributed by atoms with van der Waals surface area (Å²) < 4.78 is 39.0. The molecule has 37 heavy (non-hydrogen) atoms. The summed E-state index contributed by atoms with van der Waals surface area (Å²) in [5.74, 6) is -2.99. The van der Waals surface area contributed by atoms with Gasteiger partial charge in [-0.2, -0.15) is 0 Å². The molecule has 0 saturated heterocycles. The van der Waals surface area contributed by atoms with Crippen molar-refractivity contribution in [2.45, 2.75) is 77.2 Å². The third-order valence-corrected chi connectivity index (χ3v) is 6.11. The van der Waals surface area contributed by atoms with E-state index in [1.807, 2.05) is 37.3 Å². The summed E-state index contributed by atoms with van der Waals surface area (Å²) in [4.78, 5) is 23.6.